The van der Waals surface area contributed by atoms with E-state index in [0.717, 1.165) is 5.56 Å². The number of carbonyl (C=O) groups is 2. The van der Waals surface area contributed by atoms with Crippen LogP contribution in [-0.4, -0.2) is 28.4 Å². The van der Waals surface area contributed by atoms with Gasteiger partial charge < -0.3 is 15.3 Å². The summed E-state index contributed by atoms with van der Waals surface area (Å²) in [5, 5.41) is 12.3. The van der Waals surface area contributed by atoms with Crippen molar-refractivity contribution >= 4 is 33.5 Å². The van der Waals surface area contributed by atoms with Crippen LogP contribution < -0.4 is 5.32 Å². The number of carboxylic acid groups (broad SMARTS) is 1. The van der Waals surface area contributed by atoms with Gasteiger partial charge >= 0.3 is 5.97 Å². The summed E-state index contributed by atoms with van der Waals surface area (Å²) in [6.45, 7) is 0.333. The van der Waals surface area contributed by atoms with Crippen LogP contribution in [0.4, 0.5) is 10.1 Å². The van der Waals surface area contributed by atoms with Gasteiger partial charge in [-0.3, -0.25) is 9.59 Å². The molecule has 5 nitrogen and oxygen atoms in total. The molecule has 0 radical (unpaired) electrons. The molecule has 0 saturated heterocycles. The molecule has 26 heavy (non-hydrogen) atoms. The van der Waals surface area contributed by atoms with E-state index in [-0.39, 0.29) is 23.8 Å². The fraction of sp³-hybridized carbons (Fsp3) is 0.158. The fourth-order valence-corrected chi connectivity index (χ4v) is 3.09. The first kappa shape index (κ1) is 18.1. The molecule has 0 fully saturated rings. The quantitative estimate of drug-likeness (QED) is 0.777. The molecule has 134 valence electrons. The van der Waals surface area contributed by atoms with E-state index in [2.05, 4.69) is 21.2 Å². The van der Waals surface area contributed by atoms with Gasteiger partial charge in [0.05, 0.1) is 5.69 Å². The van der Waals surface area contributed by atoms with Gasteiger partial charge in [-0.05, 0) is 23.8 Å². The Balaban J connectivity index is 1.84. The Labute approximate surface area is 158 Å². The summed E-state index contributed by atoms with van der Waals surface area (Å²) in [4.78, 5) is 25.6. The SMILES string of the molecule is O=C(O)C1CN(Cc2ccccc2)C(=O)C=C1Nc1ccc(Br)cc1F. The molecule has 1 atom stereocenters. The van der Waals surface area contributed by atoms with Crippen molar-refractivity contribution < 1.29 is 19.1 Å². The van der Waals surface area contributed by atoms with E-state index in [1.165, 1.54) is 23.1 Å². The molecule has 2 N–H and O–H groups in total. The van der Waals surface area contributed by atoms with Crippen LogP contribution in [0.3, 0.4) is 0 Å². The molecule has 1 amide bonds. The minimum Gasteiger partial charge on any atom is -0.481 e. The van der Waals surface area contributed by atoms with Crippen molar-refractivity contribution in [3.05, 3.63) is 76.2 Å². The van der Waals surface area contributed by atoms with Gasteiger partial charge in [-0.2, -0.15) is 0 Å². The van der Waals surface area contributed by atoms with Crippen LogP contribution in [0.5, 0.6) is 0 Å². The number of carbonyl (C=O) groups excluding carboxylic acids is 1. The molecule has 0 aliphatic carbocycles. The lowest BCUT2D eigenvalue weighted by molar-refractivity contribution is -0.142. The highest BCUT2D eigenvalue weighted by atomic mass is 79.9. The largest absolute Gasteiger partial charge is 0.481 e. The Bertz CT molecular complexity index is 870. The highest BCUT2D eigenvalue weighted by Crippen LogP contribution is 2.26. The highest BCUT2D eigenvalue weighted by molar-refractivity contribution is 9.10. The number of hydrogen-bond donors (Lipinski definition) is 2. The first-order chi connectivity index (χ1) is 12.4. The summed E-state index contributed by atoms with van der Waals surface area (Å²) >= 11 is 3.17. The van der Waals surface area contributed by atoms with E-state index in [9.17, 15) is 19.1 Å². The second kappa shape index (κ2) is 7.70. The van der Waals surface area contributed by atoms with Crippen molar-refractivity contribution in [1.29, 1.82) is 0 Å². The summed E-state index contributed by atoms with van der Waals surface area (Å²) in [5.74, 6) is -2.89. The zero-order chi connectivity index (χ0) is 18.7. The van der Waals surface area contributed by atoms with Crippen molar-refractivity contribution in [2.45, 2.75) is 6.54 Å². The lowest BCUT2D eigenvalue weighted by Gasteiger charge is -2.31. The zero-order valence-electron chi connectivity index (χ0n) is 13.7. The van der Waals surface area contributed by atoms with Crippen molar-refractivity contribution in [3.8, 4) is 0 Å². The van der Waals surface area contributed by atoms with Gasteiger partial charge in [0.2, 0.25) is 5.91 Å². The Morgan fingerprint density at radius 2 is 2.00 bits per heavy atom. The lowest BCUT2D eigenvalue weighted by atomic mass is 9.99. The van der Waals surface area contributed by atoms with Gasteiger partial charge in [0.1, 0.15) is 11.7 Å². The third-order valence-corrected chi connectivity index (χ3v) is 4.59. The van der Waals surface area contributed by atoms with Gasteiger partial charge in [0.15, 0.2) is 0 Å². The first-order valence-electron chi connectivity index (χ1n) is 7.93. The normalized spacial score (nSPS) is 17.0. The number of carboxylic acids is 1. The van der Waals surface area contributed by atoms with Crippen molar-refractivity contribution in [1.82, 2.24) is 4.90 Å². The van der Waals surface area contributed by atoms with Crippen LogP contribution in [0.15, 0.2) is 64.8 Å². The summed E-state index contributed by atoms with van der Waals surface area (Å²) in [5.41, 5.74) is 1.21. The maximum atomic E-state index is 14.0. The van der Waals surface area contributed by atoms with Crippen molar-refractivity contribution in [3.63, 3.8) is 0 Å². The molecule has 3 rings (SSSR count). The van der Waals surface area contributed by atoms with E-state index in [0.29, 0.717) is 11.0 Å². The summed E-state index contributed by atoms with van der Waals surface area (Å²) in [7, 11) is 0. The average molecular weight is 419 g/mol. The predicted octanol–water partition coefficient (Wildman–Crippen LogP) is 3.63. The summed E-state index contributed by atoms with van der Waals surface area (Å²) in [6, 6.07) is 13.7. The minimum absolute atomic E-state index is 0.0139. The molecular weight excluding hydrogens is 403 g/mol. The number of anilines is 1. The average Bonchev–Trinajstić information content (AvgIpc) is 2.60. The third kappa shape index (κ3) is 4.11. The number of rotatable bonds is 5. The topological polar surface area (TPSA) is 69.6 Å². The van der Waals surface area contributed by atoms with Crippen molar-refractivity contribution in [2.75, 3.05) is 11.9 Å². The predicted molar refractivity (Wildman–Crippen MR) is 98.8 cm³/mol. The van der Waals surface area contributed by atoms with E-state index < -0.39 is 17.7 Å². The highest BCUT2D eigenvalue weighted by Gasteiger charge is 2.32. The maximum Gasteiger partial charge on any atom is 0.314 e. The van der Waals surface area contributed by atoms with Crippen LogP contribution >= 0.6 is 15.9 Å². The molecule has 2 aromatic rings. The van der Waals surface area contributed by atoms with Crippen LogP contribution in [-0.2, 0) is 16.1 Å². The second-order valence-corrected chi connectivity index (χ2v) is 6.86. The molecule has 2 aromatic carbocycles. The monoisotopic (exact) mass is 418 g/mol. The molecule has 0 spiro atoms. The summed E-state index contributed by atoms with van der Waals surface area (Å²) < 4.78 is 14.6. The smallest absolute Gasteiger partial charge is 0.314 e. The molecule has 1 aliphatic rings. The van der Waals surface area contributed by atoms with Gasteiger partial charge in [-0.15, -0.1) is 0 Å². The van der Waals surface area contributed by atoms with Gasteiger partial charge in [-0.1, -0.05) is 46.3 Å². The van der Waals surface area contributed by atoms with Crippen LogP contribution in [0, 0.1) is 11.7 Å². The molecule has 0 saturated carbocycles. The van der Waals surface area contributed by atoms with Crippen LogP contribution in [0.2, 0.25) is 0 Å². The van der Waals surface area contributed by atoms with E-state index >= 15 is 0 Å². The first-order valence-corrected chi connectivity index (χ1v) is 8.72. The fourth-order valence-electron chi connectivity index (χ4n) is 2.76. The molecule has 1 heterocycles. The van der Waals surface area contributed by atoms with E-state index in [1.807, 2.05) is 30.3 Å². The number of halogens is 2. The minimum atomic E-state index is -1.08. The Hall–Kier alpha value is -2.67. The van der Waals surface area contributed by atoms with Crippen molar-refractivity contribution in [2.24, 2.45) is 5.92 Å². The number of aliphatic carboxylic acids is 1. The standard InChI is InChI=1S/C19H16BrFN2O3/c20-13-6-7-16(15(21)8-13)22-17-9-18(24)23(11-14(17)19(25)26)10-12-4-2-1-3-5-12/h1-9,14,22H,10-11H2,(H,25,26). The molecular formula is C19H16BrFN2O3. The second-order valence-electron chi connectivity index (χ2n) is 5.94. The Morgan fingerprint density at radius 3 is 2.65 bits per heavy atom. The molecule has 1 aliphatic heterocycles. The summed E-state index contributed by atoms with van der Waals surface area (Å²) in [6.07, 6.45) is 1.23. The number of benzene rings is 2. The zero-order valence-corrected chi connectivity index (χ0v) is 15.2. The van der Waals surface area contributed by atoms with E-state index in [1.54, 1.807) is 6.07 Å². The molecule has 0 bridgehead atoms. The number of nitrogens with zero attached hydrogens (tertiary/aromatic N) is 1. The number of amides is 1. The van der Waals surface area contributed by atoms with Gasteiger partial charge in [0, 0.05) is 29.3 Å². The number of hydrogen-bond acceptors (Lipinski definition) is 3. The Kier molecular flexibility index (Phi) is 5.37. The Morgan fingerprint density at radius 1 is 1.27 bits per heavy atom. The van der Waals surface area contributed by atoms with Gasteiger partial charge in [0.25, 0.3) is 0 Å². The molecule has 0 aromatic heterocycles. The third-order valence-electron chi connectivity index (χ3n) is 4.09. The maximum absolute atomic E-state index is 14.0. The number of nitrogens with one attached hydrogen (secondary N) is 1. The molecule has 7 heteroatoms. The van der Waals surface area contributed by atoms with Gasteiger partial charge in [-0.25, -0.2) is 4.39 Å². The molecule has 1 unspecified atom stereocenters. The van der Waals surface area contributed by atoms with E-state index in [4.69, 9.17) is 0 Å². The van der Waals surface area contributed by atoms with Crippen LogP contribution in [0.25, 0.3) is 0 Å². The van der Waals surface area contributed by atoms with Crippen LogP contribution in [0.1, 0.15) is 5.56 Å². The lowest BCUT2D eigenvalue weighted by Crippen LogP contribution is -2.42.